The molecule has 1 aliphatic heterocycles. The molecule has 0 fully saturated rings. The van der Waals surface area contributed by atoms with Crippen LogP contribution in [-0.4, -0.2) is 17.4 Å². The first-order valence-corrected chi connectivity index (χ1v) is 8.93. The normalized spacial score (nSPS) is 17.0. The number of hydrogen-bond acceptors (Lipinski definition) is 3. The number of aryl methyl sites for hydroxylation is 1. The number of fused-ring (bicyclic) bond motifs is 1. The predicted molar refractivity (Wildman–Crippen MR) is 97.5 cm³/mol. The Morgan fingerprint density at radius 3 is 2.62 bits per heavy atom. The maximum Gasteiger partial charge on any atom is 0.261 e. The van der Waals surface area contributed by atoms with E-state index in [4.69, 9.17) is 0 Å². The molecule has 3 nitrogen and oxygen atoms in total. The third-order valence-corrected chi connectivity index (χ3v) is 5.70. The first kappa shape index (κ1) is 15.1. The maximum absolute atomic E-state index is 12.5. The van der Waals surface area contributed by atoms with Gasteiger partial charge in [0.05, 0.1) is 4.88 Å². The molecule has 4 heteroatoms. The summed E-state index contributed by atoms with van der Waals surface area (Å²) >= 11 is 1.57. The Kier molecular flexibility index (Phi) is 3.90. The number of nitrogens with one attached hydrogen (secondary N) is 1. The average Bonchev–Trinajstić information content (AvgIpc) is 2.99. The molecule has 24 heavy (non-hydrogen) atoms. The zero-order valence-electron chi connectivity index (χ0n) is 13.5. The minimum absolute atomic E-state index is 0.0462. The number of pyridine rings is 1. The highest BCUT2D eigenvalue weighted by atomic mass is 32.1. The molecule has 0 spiro atoms. The fourth-order valence-electron chi connectivity index (χ4n) is 3.21. The highest BCUT2D eigenvalue weighted by Gasteiger charge is 2.27. The predicted octanol–water partition coefficient (Wildman–Crippen LogP) is 4.38. The lowest BCUT2D eigenvalue weighted by Crippen LogP contribution is -2.21. The summed E-state index contributed by atoms with van der Waals surface area (Å²) in [5.41, 5.74) is 4.78. The van der Waals surface area contributed by atoms with Gasteiger partial charge < -0.3 is 5.32 Å². The van der Waals surface area contributed by atoms with Crippen molar-refractivity contribution in [3.05, 3.63) is 76.4 Å². The van der Waals surface area contributed by atoms with Crippen LogP contribution >= 0.6 is 11.3 Å². The zero-order valence-corrected chi connectivity index (χ0v) is 14.3. The van der Waals surface area contributed by atoms with Crippen LogP contribution in [-0.2, 0) is 0 Å². The Hall–Kier alpha value is -2.46. The summed E-state index contributed by atoms with van der Waals surface area (Å²) < 4.78 is 0. The molecule has 3 aromatic rings. The molecule has 0 bridgehead atoms. The largest absolute Gasteiger partial charge is 0.351 e. The topological polar surface area (TPSA) is 42.0 Å². The van der Waals surface area contributed by atoms with Crippen LogP contribution < -0.4 is 5.32 Å². The van der Waals surface area contributed by atoms with E-state index in [9.17, 15) is 4.79 Å². The molecule has 1 aromatic carbocycles. The van der Waals surface area contributed by atoms with Crippen LogP contribution in [0.3, 0.4) is 0 Å². The fourth-order valence-corrected chi connectivity index (χ4v) is 4.35. The number of thiophene rings is 1. The molecule has 1 N–H and O–H groups in total. The van der Waals surface area contributed by atoms with E-state index < -0.39 is 0 Å². The highest BCUT2D eigenvalue weighted by Crippen LogP contribution is 2.40. The molecule has 3 heterocycles. The summed E-state index contributed by atoms with van der Waals surface area (Å²) in [5.74, 6) is 0.302. The molecule has 120 valence electrons. The van der Waals surface area contributed by atoms with Crippen molar-refractivity contribution in [1.82, 2.24) is 10.3 Å². The van der Waals surface area contributed by atoms with Crippen LogP contribution in [0.15, 0.2) is 54.9 Å². The standard InChI is InChI=1S/C20H18N2OS/c1-13-2-4-14(5-3-13)16-8-11-22-20(23)19-17(16)12-18(24-19)15-6-9-21-10-7-15/h2-7,9-10,12,16H,8,11H2,1H3,(H,22,23). The van der Waals surface area contributed by atoms with E-state index in [0.29, 0.717) is 6.54 Å². The number of benzene rings is 1. The van der Waals surface area contributed by atoms with Gasteiger partial charge in [-0.15, -0.1) is 11.3 Å². The number of aromatic nitrogens is 1. The van der Waals surface area contributed by atoms with Gasteiger partial charge in [-0.1, -0.05) is 29.8 Å². The lowest BCUT2D eigenvalue weighted by Gasteiger charge is -2.15. The summed E-state index contributed by atoms with van der Waals surface area (Å²) in [6.45, 7) is 2.81. The van der Waals surface area contributed by atoms with Gasteiger partial charge in [0.2, 0.25) is 0 Å². The average molecular weight is 334 g/mol. The van der Waals surface area contributed by atoms with E-state index in [1.807, 2.05) is 12.1 Å². The second-order valence-electron chi connectivity index (χ2n) is 6.14. The van der Waals surface area contributed by atoms with E-state index in [1.165, 1.54) is 11.1 Å². The summed E-state index contributed by atoms with van der Waals surface area (Å²) in [4.78, 5) is 18.5. The first-order chi connectivity index (χ1) is 11.7. The van der Waals surface area contributed by atoms with Gasteiger partial charge >= 0.3 is 0 Å². The van der Waals surface area contributed by atoms with Crippen LogP contribution in [0.25, 0.3) is 10.4 Å². The van der Waals surface area contributed by atoms with Gasteiger partial charge in [-0.05, 0) is 48.2 Å². The second-order valence-corrected chi connectivity index (χ2v) is 7.19. The lowest BCUT2D eigenvalue weighted by atomic mass is 9.88. The molecule has 1 amide bonds. The number of amides is 1. The van der Waals surface area contributed by atoms with Crippen LogP contribution in [0.4, 0.5) is 0 Å². The maximum atomic E-state index is 12.5. The molecule has 1 unspecified atom stereocenters. The Bertz CT molecular complexity index is 868. The number of rotatable bonds is 2. The molecule has 2 aromatic heterocycles. The van der Waals surface area contributed by atoms with Crippen LogP contribution in [0.1, 0.15) is 38.7 Å². The van der Waals surface area contributed by atoms with Gasteiger partial charge in [-0.3, -0.25) is 9.78 Å². The molecule has 0 radical (unpaired) electrons. The van der Waals surface area contributed by atoms with E-state index in [1.54, 1.807) is 23.7 Å². The first-order valence-electron chi connectivity index (χ1n) is 8.11. The fraction of sp³-hybridized carbons (Fsp3) is 0.200. The SMILES string of the molecule is Cc1ccc(C2CCNC(=O)c3sc(-c4ccncc4)cc32)cc1. The van der Waals surface area contributed by atoms with E-state index in [-0.39, 0.29) is 11.8 Å². The van der Waals surface area contributed by atoms with Crippen LogP contribution in [0, 0.1) is 6.92 Å². The van der Waals surface area contributed by atoms with Crippen molar-refractivity contribution in [3.8, 4) is 10.4 Å². The molecule has 4 rings (SSSR count). The zero-order chi connectivity index (χ0) is 16.5. The van der Waals surface area contributed by atoms with E-state index >= 15 is 0 Å². The quantitative estimate of drug-likeness (QED) is 0.755. The smallest absolute Gasteiger partial charge is 0.261 e. The van der Waals surface area contributed by atoms with Crippen molar-refractivity contribution >= 4 is 17.2 Å². The van der Waals surface area contributed by atoms with Crippen molar-refractivity contribution in [3.63, 3.8) is 0 Å². The van der Waals surface area contributed by atoms with Crippen molar-refractivity contribution in [1.29, 1.82) is 0 Å². The molecule has 0 aliphatic carbocycles. The monoisotopic (exact) mass is 334 g/mol. The van der Waals surface area contributed by atoms with Crippen molar-refractivity contribution in [2.24, 2.45) is 0 Å². The van der Waals surface area contributed by atoms with Gasteiger partial charge in [0.1, 0.15) is 0 Å². The number of nitrogens with zero attached hydrogens (tertiary/aromatic N) is 1. The summed E-state index contributed by atoms with van der Waals surface area (Å²) in [5, 5.41) is 3.04. The summed E-state index contributed by atoms with van der Waals surface area (Å²) in [6, 6.07) is 14.8. The minimum Gasteiger partial charge on any atom is -0.351 e. The third-order valence-electron chi connectivity index (χ3n) is 4.51. The molecule has 1 atom stereocenters. The lowest BCUT2D eigenvalue weighted by molar-refractivity contribution is 0.0960. The van der Waals surface area contributed by atoms with Crippen molar-refractivity contribution in [2.75, 3.05) is 6.54 Å². The molecular formula is C20H18N2OS. The molecule has 1 aliphatic rings. The Labute approximate surface area is 145 Å². The van der Waals surface area contributed by atoms with E-state index in [2.05, 4.69) is 47.6 Å². The van der Waals surface area contributed by atoms with Gasteiger partial charge in [-0.2, -0.15) is 0 Å². The van der Waals surface area contributed by atoms with Gasteiger partial charge in [0.15, 0.2) is 0 Å². The third kappa shape index (κ3) is 2.74. The Morgan fingerprint density at radius 2 is 1.88 bits per heavy atom. The second kappa shape index (κ2) is 6.21. The van der Waals surface area contributed by atoms with Gasteiger partial charge in [0.25, 0.3) is 5.91 Å². The Balaban J connectivity index is 1.82. The molecule has 0 saturated heterocycles. The van der Waals surface area contributed by atoms with Crippen molar-refractivity contribution in [2.45, 2.75) is 19.3 Å². The molecule has 0 saturated carbocycles. The Morgan fingerprint density at radius 1 is 1.12 bits per heavy atom. The number of carbonyl (C=O) groups is 1. The highest BCUT2D eigenvalue weighted by molar-refractivity contribution is 7.17. The summed E-state index contributed by atoms with van der Waals surface area (Å²) in [7, 11) is 0. The van der Waals surface area contributed by atoms with Crippen LogP contribution in [0.2, 0.25) is 0 Å². The number of hydrogen-bond donors (Lipinski definition) is 1. The summed E-state index contributed by atoms with van der Waals surface area (Å²) in [6.07, 6.45) is 4.50. The van der Waals surface area contributed by atoms with Crippen LogP contribution in [0.5, 0.6) is 0 Å². The van der Waals surface area contributed by atoms with Gasteiger partial charge in [-0.25, -0.2) is 0 Å². The van der Waals surface area contributed by atoms with Crippen molar-refractivity contribution < 1.29 is 4.79 Å². The molecular weight excluding hydrogens is 316 g/mol. The minimum atomic E-state index is 0.0462. The number of carbonyl (C=O) groups excluding carboxylic acids is 1. The van der Waals surface area contributed by atoms with Gasteiger partial charge in [0, 0.05) is 29.7 Å². The van der Waals surface area contributed by atoms with E-state index in [0.717, 1.165) is 27.3 Å².